The Balaban J connectivity index is 1.80. The summed E-state index contributed by atoms with van der Waals surface area (Å²) in [5, 5.41) is 0. The standard InChI is InChI=1S/C16H28O/c1-13-9-7-8-12-16(15(13,2)17-16)14-10-5-3-4-6-11-14/h13-14H,3-12H2,1-2H3. The lowest BCUT2D eigenvalue weighted by molar-refractivity contribution is 0.166. The Morgan fingerprint density at radius 3 is 2.24 bits per heavy atom. The van der Waals surface area contributed by atoms with Crippen LogP contribution in [0.15, 0.2) is 0 Å². The fourth-order valence-electron chi connectivity index (χ4n) is 4.72. The quantitative estimate of drug-likeness (QED) is 0.475. The van der Waals surface area contributed by atoms with Crippen LogP contribution in [0.4, 0.5) is 0 Å². The molecule has 0 amide bonds. The molecule has 3 fully saturated rings. The Kier molecular flexibility index (Phi) is 3.01. The van der Waals surface area contributed by atoms with E-state index >= 15 is 0 Å². The fourth-order valence-corrected chi connectivity index (χ4v) is 4.72. The van der Waals surface area contributed by atoms with Crippen LogP contribution >= 0.6 is 0 Å². The van der Waals surface area contributed by atoms with Gasteiger partial charge in [0, 0.05) is 0 Å². The SMILES string of the molecule is CC1CCCCC2(C3CCCCCC3)OC12C. The van der Waals surface area contributed by atoms with Gasteiger partial charge in [0.05, 0.1) is 5.60 Å². The molecule has 17 heavy (non-hydrogen) atoms. The first-order valence-electron chi connectivity index (χ1n) is 7.89. The summed E-state index contributed by atoms with van der Waals surface area (Å²) < 4.78 is 6.44. The van der Waals surface area contributed by atoms with Crippen molar-refractivity contribution < 1.29 is 4.74 Å². The van der Waals surface area contributed by atoms with E-state index in [0.29, 0.717) is 5.60 Å². The van der Waals surface area contributed by atoms with Gasteiger partial charge in [-0.2, -0.15) is 0 Å². The second kappa shape index (κ2) is 4.26. The maximum atomic E-state index is 6.44. The Bertz CT molecular complexity index is 275. The molecule has 1 heterocycles. The third-order valence-electron chi connectivity index (χ3n) is 6.08. The minimum atomic E-state index is 0.235. The van der Waals surface area contributed by atoms with Crippen LogP contribution in [0.5, 0.6) is 0 Å². The van der Waals surface area contributed by atoms with E-state index in [1.54, 1.807) is 0 Å². The third-order valence-corrected chi connectivity index (χ3v) is 6.08. The molecule has 0 aromatic carbocycles. The molecule has 1 saturated heterocycles. The first-order chi connectivity index (χ1) is 8.19. The van der Waals surface area contributed by atoms with Gasteiger partial charge in [-0.25, -0.2) is 0 Å². The first kappa shape index (κ1) is 12.0. The molecule has 0 radical (unpaired) electrons. The molecule has 0 spiro atoms. The summed E-state index contributed by atoms with van der Waals surface area (Å²) >= 11 is 0. The zero-order valence-electron chi connectivity index (χ0n) is 11.6. The van der Waals surface area contributed by atoms with E-state index in [4.69, 9.17) is 4.74 Å². The maximum absolute atomic E-state index is 6.44. The summed E-state index contributed by atoms with van der Waals surface area (Å²) in [7, 11) is 0. The zero-order valence-corrected chi connectivity index (χ0v) is 11.6. The van der Waals surface area contributed by atoms with Crippen LogP contribution in [-0.2, 0) is 4.74 Å². The number of ether oxygens (including phenoxy) is 1. The normalized spacial score (nSPS) is 48.0. The van der Waals surface area contributed by atoms with E-state index < -0.39 is 0 Å². The zero-order chi connectivity index (χ0) is 11.9. The van der Waals surface area contributed by atoms with Crippen LogP contribution < -0.4 is 0 Å². The van der Waals surface area contributed by atoms with E-state index in [0.717, 1.165) is 11.8 Å². The molecule has 1 aliphatic heterocycles. The van der Waals surface area contributed by atoms with Crippen LogP contribution in [0.2, 0.25) is 0 Å². The van der Waals surface area contributed by atoms with Crippen LogP contribution in [-0.4, -0.2) is 11.2 Å². The molecule has 3 atom stereocenters. The minimum absolute atomic E-state index is 0.235. The third kappa shape index (κ3) is 1.77. The number of rotatable bonds is 1. The highest BCUT2D eigenvalue weighted by molar-refractivity contribution is 5.19. The van der Waals surface area contributed by atoms with Crippen LogP contribution in [0, 0.1) is 11.8 Å². The van der Waals surface area contributed by atoms with Gasteiger partial charge in [-0.1, -0.05) is 45.4 Å². The van der Waals surface area contributed by atoms with Gasteiger partial charge in [-0.3, -0.25) is 0 Å². The van der Waals surface area contributed by atoms with Crippen molar-refractivity contribution in [3.63, 3.8) is 0 Å². The summed E-state index contributed by atoms with van der Waals surface area (Å²) in [5.41, 5.74) is 0.533. The van der Waals surface area contributed by atoms with E-state index in [2.05, 4.69) is 13.8 Å². The monoisotopic (exact) mass is 236 g/mol. The van der Waals surface area contributed by atoms with Crippen LogP contribution in [0.1, 0.15) is 78.1 Å². The van der Waals surface area contributed by atoms with Gasteiger partial charge in [-0.15, -0.1) is 0 Å². The highest BCUT2D eigenvalue weighted by Gasteiger charge is 2.71. The predicted molar refractivity (Wildman–Crippen MR) is 71.0 cm³/mol. The number of hydrogen-bond donors (Lipinski definition) is 0. The highest BCUT2D eigenvalue weighted by Crippen LogP contribution is 2.64. The second-order valence-corrected chi connectivity index (χ2v) is 6.93. The van der Waals surface area contributed by atoms with Gasteiger partial charge in [0.25, 0.3) is 0 Å². The molecule has 0 aromatic rings. The van der Waals surface area contributed by atoms with E-state index in [9.17, 15) is 0 Å². The van der Waals surface area contributed by atoms with Crippen molar-refractivity contribution in [1.82, 2.24) is 0 Å². The largest absolute Gasteiger partial charge is 0.362 e. The molecule has 3 unspecified atom stereocenters. The molecular weight excluding hydrogens is 208 g/mol. The van der Waals surface area contributed by atoms with Crippen molar-refractivity contribution >= 4 is 0 Å². The van der Waals surface area contributed by atoms with Gasteiger partial charge < -0.3 is 4.74 Å². The van der Waals surface area contributed by atoms with Gasteiger partial charge in [-0.05, 0) is 44.4 Å². The number of fused-ring (bicyclic) bond motifs is 1. The van der Waals surface area contributed by atoms with Gasteiger partial charge in [0.15, 0.2) is 0 Å². The van der Waals surface area contributed by atoms with Crippen molar-refractivity contribution in [2.75, 3.05) is 0 Å². The van der Waals surface area contributed by atoms with Crippen molar-refractivity contribution in [2.45, 2.75) is 89.3 Å². The highest BCUT2D eigenvalue weighted by atomic mass is 16.6. The average molecular weight is 236 g/mol. The molecule has 0 aromatic heterocycles. The number of hydrogen-bond acceptors (Lipinski definition) is 1. The average Bonchev–Trinajstić information content (AvgIpc) is 3.00. The summed E-state index contributed by atoms with van der Waals surface area (Å²) in [6.07, 6.45) is 14.2. The molecule has 0 N–H and O–H groups in total. The van der Waals surface area contributed by atoms with Crippen molar-refractivity contribution in [3.05, 3.63) is 0 Å². The topological polar surface area (TPSA) is 12.5 Å². The lowest BCUT2D eigenvalue weighted by Gasteiger charge is -2.26. The van der Waals surface area contributed by atoms with Crippen LogP contribution in [0.3, 0.4) is 0 Å². The minimum Gasteiger partial charge on any atom is -0.362 e. The molecule has 1 heteroatoms. The Morgan fingerprint density at radius 1 is 0.882 bits per heavy atom. The Hall–Kier alpha value is -0.0400. The molecular formula is C16H28O. The molecule has 3 rings (SSSR count). The second-order valence-electron chi connectivity index (χ2n) is 6.93. The predicted octanol–water partition coefficient (Wildman–Crippen LogP) is 4.69. The molecule has 2 aliphatic carbocycles. The number of epoxide rings is 1. The molecule has 1 nitrogen and oxygen atoms in total. The van der Waals surface area contributed by atoms with Crippen LogP contribution in [0.25, 0.3) is 0 Å². The Labute approximate surface area is 106 Å². The summed E-state index contributed by atoms with van der Waals surface area (Å²) in [5.74, 6) is 1.64. The molecule has 98 valence electrons. The smallest absolute Gasteiger partial charge is 0.101 e. The van der Waals surface area contributed by atoms with E-state index in [1.165, 1.54) is 64.2 Å². The molecule has 2 saturated carbocycles. The summed E-state index contributed by atoms with van der Waals surface area (Å²) in [6, 6.07) is 0. The van der Waals surface area contributed by atoms with Gasteiger partial charge in [0.2, 0.25) is 0 Å². The molecule has 3 aliphatic rings. The van der Waals surface area contributed by atoms with Crippen molar-refractivity contribution in [2.24, 2.45) is 11.8 Å². The van der Waals surface area contributed by atoms with E-state index in [-0.39, 0.29) is 5.60 Å². The van der Waals surface area contributed by atoms with Crippen molar-refractivity contribution in [1.29, 1.82) is 0 Å². The lowest BCUT2D eigenvalue weighted by atomic mass is 9.73. The summed E-state index contributed by atoms with van der Waals surface area (Å²) in [4.78, 5) is 0. The Morgan fingerprint density at radius 2 is 1.53 bits per heavy atom. The van der Waals surface area contributed by atoms with Gasteiger partial charge in [0.1, 0.15) is 5.60 Å². The maximum Gasteiger partial charge on any atom is 0.101 e. The first-order valence-corrected chi connectivity index (χ1v) is 7.89. The van der Waals surface area contributed by atoms with Crippen molar-refractivity contribution in [3.8, 4) is 0 Å². The lowest BCUT2D eigenvalue weighted by Crippen LogP contribution is -2.34. The van der Waals surface area contributed by atoms with E-state index in [1.807, 2.05) is 0 Å². The summed E-state index contributed by atoms with van der Waals surface area (Å²) in [6.45, 7) is 4.83. The molecule has 0 bridgehead atoms. The van der Waals surface area contributed by atoms with Gasteiger partial charge >= 0.3 is 0 Å². The fraction of sp³-hybridized carbons (Fsp3) is 1.00.